The minimum atomic E-state index is -0.276. The third-order valence-corrected chi connectivity index (χ3v) is 4.65. The van der Waals surface area contributed by atoms with Crippen molar-refractivity contribution in [3.63, 3.8) is 0 Å². The van der Waals surface area contributed by atoms with Crippen LogP contribution in [0.2, 0.25) is 0 Å². The number of carbonyl (C=O) groups is 1. The van der Waals surface area contributed by atoms with Gasteiger partial charge in [-0.2, -0.15) is 0 Å². The van der Waals surface area contributed by atoms with Crippen molar-refractivity contribution in [1.82, 2.24) is 15.5 Å². The number of aliphatic imine (C=N–C) groups is 1. The molecule has 1 fully saturated rings. The average Bonchev–Trinajstić information content (AvgIpc) is 2.67. The van der Waals surface area contributed by atoms with Crippen molar-refractivity contribution < 1.29 is 13.9 Å². The second-order valence-corrected chi connectivity index (χ2v) is 6.88. The first-order valence-corrected chi connectivity index (χ1v) is 9.67. The van der Waals surface area contributed by atoms with E-state index < -0.39 is 0 Å². The van der Waals surface area contributed by atoms with Gasteiger partial charge in [0.05, 0.1) is 6.54 Å². The summed E-state index contributed by atoms with van der Waals surface area (Å²) in [6.07, 6.45) is 2.45. The average molecular weight is 378 g/mol. The van der Waals surface area contributed by atoms with Crippen LogP contribution < -0.4 is 15.4 Å². The number of likely N-dealkylation sites (tertiary alicyclic amines) is 1. The maximum absolute atomic E-state index is 13.0. The van der Waals surface area contributed by atoms with Crippen LogP contribution in [0.15, 0.2) is 29.3 Å². The molecule has 1 amide bonds. The molecule has 0 aliphatic carbocycles. The third-order valence-electron chi connectivity index (χ3n) is 4.65. The fraction of sp³-hybridized carbons (Fsp3) is 0.600. The summed E-state index contributed by atoms with van der Waals surface area (Å²) in [5, 5.41) is 6.04. The van der Waals surface area contributed by atoms with Crippen molar-refractivity contribution in [2.75, 3.05) is 33.2 Å². The molecule has 1 aromatic rings. The number of hydrogen-bond donors (Lipinski definition) is 2. The number of halogens is 1. The molecule has 1 unspecified atom stereocenters. The fourth-order valence-electron chi connectivity index (χ4n) is 3.14. The standard InChI is InChI=1S/C20H31FN4O2/c1-4-23-20(25-11-9-16(10-12-25)13-19(26)22-3)24-14-15(2)27-18-7-5-17(21)6-8-18/h5-8,15-16H,4,9-14H2,1-3H3,(H,22,26)(H,23,24). The van der Waals surface area contributed by atoms with Crippen molar-refractivity contribution >= 4 is 11.9 Å². The number of rotatable bonds is 7. The third kappa shape index (κ3) is 7.07. The number of nitrogens with one attached hydrogen (secondary N) is 2. The maximum Gasteiger partial charge on any atom is 0.220 e. The van der Waals surface area contributed by atoms with E-state index in [1.54, 1.807) is 19.2 Å². The number of amides is 1. The summed E-state index contributed by atoms with van der Waals surface area (Å²) in [6.45, 7) is 7.09. The molecule has 0 radical (unpaired) electrons. The lowest BCUT2D eigenvalue weighted by molar-refractivity contribution is -0.121. The van der Waals surface area contributed by atoms with Crippen LogP contribution in [0.1, 0.15) is 33.1 Å². The summed E-state index contributed by atoms with van der Waals surface area (Å²) in [5.41, 5.74) is 0. The summed E-state index contributed by atoms with van der Waals surface area (Å²) in [4.78, 5) is 18.5. The molecule has 1 aliphatic heterocycles. The van der Waals surface area contributed by atoms with Gasteiger partial charge in [-0.3, -0.25) is 4.79 Å². The lowest BCUT2D eigenvalue weighted by atomic mass is 9.93. The number of guanidine groups is 1. The van der Waals surface area contributed by atoms with Gasteiger partial charge in [0.2, 0.25) is 5.91 Å². The van der Waals surface area contributed by atoms with E-state index in [9.17, 15) is 9.18 Å². The van der Waals surface area contributed by atoms with Gasteiger partial charge in [-0.25, -0.2) is 9.38 Å². The van der Waals surface area contributed by atoms with E-state index in [1.807, 2.05) is 13.8 Å². The van der Waals surface area contributed by atoms with Crippen molar-refractivity contribution in [3.8, 4) is 5.75 Å². The topological polar surface area (TPSA) is 66.0 Å². The molecular formula is C20H31FN4O2. The molecule has 0 bridgehead atoms. The molecule has 27 heavy (non-hydrogen) atoms. The molecule has 7 heteroatoms. The minimum Gasteiger partial charge on any atom is -0.489 e. The Kier molecular flexibility index (Phi) is 8.36. The van der Waals surface area contributed by atoms with Crippen molar-refractivity contribution in [2.24, 2.45) is 10.9 Å². The summed E-state index contributed by atoms with van der Waals surface area (Å²) >= 11 is 0. The lowest BCUT2D eigenvalue weighted by Gasteiger charge is -2.34. The van der Waals surface area contributed by atoms with E-state index in [-0.39, 0.29) is 17.8 Å². The molecule has 1 aliphatic rings. The largest absolute Gasteiger partial charge is 0.489 e. The number of ether oxygens (including phenoxy) is 1. The van der Waals surface area contributed by atoms with Crippen molar-refractivity contribution in [3.05, 3.63) is 30.1 Å². The first-order valence-electron chi connectivity index (χ1n) is 9.67. The Hall–Kier alpha value is -2.31. The van der Waals surface area contributed by atoms with Crippen LogP contribution in [0.3, 0.4) is 0 Å². The normalized spacial score (nSPS) is 16.7. The van der Waals surface area contributed by atoms with Crippen LogP contribution in [-0.2, 0) is 4.79 Å². The highest BCUT2D eigenvalue weighted by atomic mass is 19.1. The number of nitrogens with zero attached hydrogens (tertiary/aromatic N) is 2. The second-order valence-electron chi connectivity index (χ2n) is 6.88. The Morgan fingerprint density at radius 2 is 2.00 bits per heavy atom. The molecule has 1 atom stereocenters. The van der Waals surface area contributed by atoms with E-state index in [2.05, 4.69) is 15.5 Å². The van der Waals surface area contributed by atoms with E-state index in [4.69, 9.17) is 9.73 Å². The first-order chi connectivity index (χ1) is 13.0. The Labute approximate surface area is 161 Å². The summed E-state index contributed by atoms with van der Waals surface area (Å²) in [5.74, 6) is 1.79. The Balaban J connectivity index is 1.86. The fourth-order valence-corrected chi connectivity index (χ4v) is 3.14. The Morgan fingerprint density at radius 3 is 2.59 bits per heavy atom. The van der Waals surface area contributed by atoms with Gasteiger partial charge >= 0.3 is 0 Å². The number of benzene rings is 1. The van der Waals surface area contributed by atoms with Gasteiger partial charge in [-0.05, 0) is 56.9 Å². The Bertz CT molecular complexity index is 613. The van der Waals surface area contributed by atoms with Crippen LogP contribution >= 0.6 is 0 Å². The van der Waals surface area contributed by atoms with Crippen LogP contribution in [0.5, 0.6) is 5.75 Å². The molecule has 0 aromatic heterocycles. The second kappa shape index (κ2) is 10.7. The lowest BCUT2D eigenvalue weighted by Crippen LogP contribution is -2.46. The van der Waals surface area contributed by atoms with Gasteiger partial charge in [-0.15, -0.1) is 0 Å². The zero-order valence-corrected chi connectivity index (χ0v) is 16.5. The molecular weight excluding hydrogens is 347 g/mol. The smallest absolute Gasteiger partial charge is 0.220 e. The van der Waals surface area contributed by atoms with Gasteiger partial charge in [0, 0.05) is 33.1 Å². The molecule has 0 saturated carbocycles. The molecule has 150 valence electrons. The number of carbonyl (C=O) groups excluding carboxylic acids is 1. The highest BCUT2D eigenvalue weighted by Crippen LogP contribution is 2.20. The van der Waals surface area contributed by atoms with Crippen LogP contribution in [-0.4, -0.2) is 56.1 Å². The van der Waals surface area contributed by atoms with Gasteiger partial charge in [0.1, 0.15) is 17.7 Å². The van der Waals surface area contributed by atoms with Crippen molar-refractivity contribution in [2.45, 2.75) is 39.2 Å². The molecule has 2 N–H and O–H groups in total. The van der Waals surface area contributed by atoms with Gasteiger partial charge in [0.25, 0.3) is 0 Å². The molecule has 6 nitrogen and oxygen atoms in total. The highest BCUT2D eigenvalue weighted by molar-refractivity contribution is 5.80. The zero-order valence-electron chi connectivity index (χ0n) is 16.5. The Morgan fingerprint density at radius 1 is 1.33 bits per heavy atom. The summed E-state index contributed by atoms with van der Waals surface area (Å²) < 4.78 is 18.8. The maximum atomic E-state index is 13.0. The molecule has 1 aromatic carbocycles. The molecule has 2 rings (SSSR count). The number of hydrogen-bond acceptors (Lipinski definition) is 3. The quantitative estimate of drug-likeness (QED) is 0.565. The predicted molar refractivity (Wildman–Crippen MR) is 105 cm³/mol. The van der Waals surface area contributed by atoms with Crippen LogP contribution in [0.25, 0.3) is 0 Å². The van der Waals surface area contributed by atoms with E-state index in [0.29, 0.717) is 24.6 Å². The molecule has 1 heterocycles. The SMILES string of the molecule is CCNC(=NCC(C)Oc1ccc(F)cc1)N1CCC(CC(=O)NC)CC1. The van der Waals surface area contributed by atoms with Gasteiger partial charge in [-0.1, -0.05) is 0 Å². The van der Waals surface area contributed by atoms with E-state index >= 15 is 0 Å². The van der Waals surface area contributed by atoms with E-state index in [1.165, 1.54) is 12.1 Å². The molecule has 0 spiro atoms. The highest BCUT2D eigenvalue weighted by Gasteiger charge is 2.23. The van der Waals surface area contributed by atoms with Gasteiger partial charge in [0.15, 0.2) is 5.96 Å². The van der Waals surface area contributed by atoms with Crippen molar-refractivity contribution in [1.29, 1.82) is 0 Å². The summed E-state index contributed by atoms with van der Waals surface area (Å²) in [7, 11) is 1.68. The summed E-state index contributed by atoms with van der Waals surface area (Å²) in [6, 6.07) is 6.02. The molecule has 1 saturated heterocycles. The van der Waals surface area contributed by atoms with Gasteiger partial charge < -0.3 is 20.3 Å². The monoisotopic (exact) mass is 378 g/mol. The number of piperidine rings is 1. The predicted octanol–water partition coefficient (Wildman–Crippen LogP) is 2.41. The van der Waals surface area contributed by atoms with Crippen LogP contribution in [0.4, 0.5) is 4.39 Å². The van der Waals surface area contributed by atoms with Crippen LogP contribution in [0, 0.1) is 11.7 Å². The first kappa shape index (κ1) is 21.0. The zero-order chi connectivity index (χ0) is 19.6. The minimum absolute atomic E-state index is 0.112. The van der Waals surface area contributed by atoms with E-state index in [0.717, 1.165) is 38.4 Å².